The van der Waals surface area contributed by atoms with E-state index in [9.17, 15) is 14.4 Å². The Morgan fingerprint density at radius 1 is 0.967 bits per heavy atom. The van der Waals surface area contributed by atoms with E-state index in [4.69, 9.17) is 4.74 Å². The number of urea groups is 1. The van der Waals surface area contributed by atoms with Gasteiger partial charge in [0.1, 0.15) is 5.56 Å². The van der Waals surface area contributed by atoms with E-state index >= 15 is 0 Å². The van der Waals surface area contributed by atoms with Gasteiger partial charge in [-0.05, 0) is 45.0 Å². The van der Waals surface area contributed by atoms with Gasteiger partial charge < -0.3 is 10.1 Å². The monoisotopic (exact) mass is 406 g/mol. The highest BCUT2D eigenvalue weighted by Crippen LogP contribution is 2.19. The summed E-state index contributed by atoms with van der Waals surface area (Å²) in [5.74, 6) is -1.42. The molecule has 0 saturated carbocycles. The lowest BCUT2D eigenvalue weighted by Crippen LogP contribution is -2.41. The minimum Gasteiger partial charge on any atom is -0.449 e. The Balaban J connectivity index is 1.65. The average Bonchev–Trinajstić information content (AvgIpc) is 3.03. The number of carbonyl (C=O) groups excluding carboxylic acids is 3. The molecule has 3 rings (SSSR count). The lowest BCUT2D eigenvalue weighted by Gasteiger charge is -2.13. The first kappa shape index (κ1) is 20.8. The summed E-state index contributed by atoms with van der Waals surface area (Å²) in [5.41, 5.74) is 2.70. The summed E-state index contributed by atoms with van der Waals surface area (Å²) in [4.78, 5) is 36.9. The number of benzene rings is 2. The summed E-state index contributed by atoms with van der Waals surface area (Å²) in [5, 5.41) is 9.09. The van der Waals surface area contributed by atoms with Crippen LogP contribution in [0.25, 0.3) is 5.69 Å². The van der Waals surface area contributed by atoms with Crippen LogP contribution in [-0.4, -0.2) is 33.8 Å². The van der Waals surface area contributed by atoms with Crippen LogP contribution in [0.4, 0.5) is 10.5 Å². The predicted molar refractivity (Wildman–Crippen MR) is 112 cm³/mol. The SMILES string of the molecule is Cc1nn(-c2ccccc2)c(C)c1C(=O)OC(C)C(=O)NC(=O)Nc1ccccc1. The number of para-hydroxylation sites is 2. The minimum atomic E-state index is -1.17. The van der Waals surface area contributed by atoms with Gasteiger partial charge in [0, 0.05) is 5.69 Å². The molecule has 0 aliphatic heterocycles. The van der Waals surface area contributed by atoms with Crippen molar-refractivity contribution < 1.29 is 19.1 Å². The summed E-state index contributed by atoms with van der Waals surface area (Å²) in [6.45, 7) is 4.85. The zero-order valence-corrected chi connectivity index (χ0v) is 16.9. The van der Waals surface area contributed by atoms with Crippen molar-refractivity contribution in [2.24, 2.45) is 0 Å². The highest BCUT2D eigenvalue weighted by atomic mass is 16.5. The van der Waals surface area contributed by atoms with Crippen LogP contribution in [0, 0.1) is 13.8 Å². The van der Waals surface area contributed by atoms with Crippen molar-refractivity contribution in [1.82, 2.24) is 15.1 Å². The molecule has 0 saturated heterocycles. The van der Waals surface area contributed by atoms with Crippen LogP contribution in [0.5, 0.6) is 0 Å². The molecule has 154 valence electrons. The summed E-state index contributed by atoms with van der Waals surface area (Å²) in [6.07, 6.45) is -1.17. The van der Waals surface area contributed by atoms with Crippen molar-refractivity contribution in [3.8, 4) is 5.69 Å². The van der Waals surface area contributed by atoms with Crippen molar-refractivity contribution in [3.63, 3.8) is 0 Å². The quantitative estimate of drug-likeness (QED) is 0.633. The average molecular weight is 406 g/mol. The van der Waals surface area contributed by atoms with Gasteiger partial charge >= 0.3 is 12.0 Å². The molecule has 0 bridgehead atoms. The number of esters is 1. The van der Waals surface area contributed by atoms with E-state index in [-0.39, 0.29) is 5.56 Å². The molecular formula is C22H22N4O4. The largest absolute Gasteiger partial charge is 0.449 e. The molecule has 30 heavy (non-hydrogen) atoms. The van der Waals surface area contributed by atoms with Gasteiger partial charge in [0.2, 0.25) is 0 Å². The normalized spacial score (nSPS) is 11.4. The number of amides is 3. The van der Waals surface area contributed by atoms with E-state index in [2.05, 4.69) is 15.7 Å². The summed E-state index contributed by atoms with van der Waals surface area (Å²) in [6, 6.07) is 17.3. The Hall–Kier alpha value is -3.94. The molecule has 0 fully saturated rings. The second kappa shape index (κ2) is 9.04. The van der Waals surface area contributed by atoms with Gasteiger partial charge in [0.25, 0.3) is 5.91 Å². The fraction of sp³-hybridized carbons (Fsp3) is 0.182. The lowest BCUT2D eigenvalue weighted by atomic mass is 10.2. The Morgan fingerprint density at radius 2 is 1.57 bits per heavy atom. The Labute approximate surface area is 173 Å². The number of hydrogen-bond donors (Lipinski definition) is 2. The molecule has 0 aliphatic carbocycles. The van der Waals surface area contributed by atoms with Gasteiger partial charge in [-0.2, -0.15) is 5.10 Å². The predicted octanol–water partition coefficient (Wildman–Crippen LogP) is 3.38. The maximum Gasteiger partial charge on any atom is 0.342 e. The van der Waals surface area contributed by atoms with Crippen LogP contribution < -0.4 is 10.6 Å². The first-order valence-corrected chi connectivity index (χ1v) is 9.36. The van der Waals surface area contributed by atoms with Crippen molar-refractivity contribution in [1.29, 1.82) is 0 Å². The third kappa shape index (κ3) is 4.72. The van der Waals surface area contributed by atoms with Crippen molar-refractivity contribution >= 4 is 23.6 Å². The fourth-order valence-corrected chi connectivity index (χ4v) is 2.93. The van der Waals surface area contributed by atoms with Crippen LogP contribution in [0.2, 0.25) is 0 Å². The standard InChI is InChI=1S/C22H22N4O4/c1-14-19(15(2)26(25-14)18-12-8-5-9-13-18)21(28)30-16(3)20(27)24-22(29)23-17-10-6-4-7-11-17/h4-13,16H,1-3H3,(H2,23,24,27,29). The Bertz CT molecular complexity index is 1060. The molecule has 1 heterocycles. The minimum absolute atomic E-state index is 0.284. The summed E-state index contributed by atoms with van der Waals surface area (Å²) < 4.78 is 6.92. The molecule has 3 aromatic rings. The topological polar surface area (TPSA) is 102 Å². The highest BCUT2D eigenvalue weighted by molar-refractivity contribution is 6.03. The second-order valence-corrected chi connectivity index (χ2v) is 6.65. The van der Waals surface area contributed by atoms with E-state index < -0.39 is 24.0 Å². The first-order chi connectivity index (χ1) is 14.4. The molecule has 8 heteroatoms. The Morgan fingerprint density at radius 3 is 2.20 bits per heavy atom. The number of imide groups is 1. The number of nitrogens with zero attached hydrogens (tertiary/aromatic N) is 2. The van der Waals surface area contributed by atoms with Gasteiger partial charge in [-0.15, -0.1) is 0 Å². The first-order valence-electron chi connectivity index (χ1n) is 9.36. The molecule has 0 radical (unpaired) electrons. The highest BCUT2D eigenvalue weighted by Gasteiger charge is 2.25. The molecule has 1 unspecified atom stereocenters. The van der Waals surface area contributed by atoms with E-state index in [0.29, 0.717) is 17.1 Å². The van der Waals surface area contributed by atoms with Crippen molar-refractivity contribution in [3.05, 3.63) is 77.6 Å². The Kier molecular flexibility index (Phi) is 6.26. The molecular weight excluding hydrogens is 384 g/mol. The number of rotatable bonds is 5. The number of hydrogen-bond acceptors (Lipinski definition) is 5. The van der Waals surface area contributed by atoms with E-state index in [1.807, 2.05) is 30.3 Å². The van der Waals surface area contributed by atoms with Crippen LogP contribution in [-0.2, 0) is 9.53 Å². The zero-order chi connectivity index (χ0) is 21.7. The zero-order valence-electron chi connectivity index (χ0n) is 16.9. The van der Waals surface area contributed by atoms with Gasteiger partial charge in [-0.1, -0.05) is 36.4 Å². The van der Waals surface area contributed by atoms with Crippen molar-refractivity contribution in [2.45, 2.75) is 26.9 Å². The number of aryl methyl sites for hydroxylation is 1. The number of ether oxygens (including phenoxy) is 1. The third-order valence-electron chi connectivity index (χ3n) is 4.42. The van der Waals surface area contributed by atoms with Crippen LogP contribution in [0.15, 0.2) is 60.7 Å². The van der Waals surface area contributed by atoms with E-state index in [1.54, 1.807) is 48.9 Å². The van der Waals surface area contributed by atoms with Crippen LogP contribution >= 0.6 is 0 Å². The summed E-state index contributed by atoms with van der Waals surface area (Å²) in [7, 11) is 0. The third-order valence-corrected chi connectivity index (χ3v) is 4.42. The van der Waals surface area contributed by atoms with Gasteiger partial charge in [0.05, 0.1) is 17.1 Å². The molecule has 2 N–H and O–H groups in total. The molecule has 3 amide bonds. The number of carbonyl (C=O) groups is 3. The van der Waals surface area contributed by atoms with Crippen LogP contribution in [0.3, 0.4) is 0 Å². The second-order valence-electron chi connectivity index (χ2n) is 6.65. The smallest absolute Gasteiger partial charge is 0.342 e. The van der Waals surface area contributed by atoms with Crippen molar-refractivity contribution in [2.75, 3.05) is 5.32 Å². The molecule has 8 nitrogen and oxygen atoms in total. The molecule has 1 atom stereocenters. The maximum absolute atomic E-state index is 12.7. The van der Waals surface area contributed by atoms with Gasteiger partial charge in [-0.25, -0.2) is 14.3 Å². The lowest BCUT2D eigenvalue weighted by molar-refractivity contribution is -0.127. The van der Waals surface area contributed by atoms with Crippen LogP contribution in [0.1, 0.15) is 28.7 Å². The van der Waals surface area contributed by atoms with Gasteiger partial charge in [0.15, 0.2) is 6.10 Å². The number of nitrogens with one attached hydrogen (secondary N) is 2. The fourth-order valence-electron chi connectivity index (χ4n) is 2.93. The van der Waals surface area contributed by atoms with E-state index in [0.717, 1.165) is 5.69 Å². The van der Waals surface area contributed by atoms with Gasteiger partial charge in [-0.3, -0.25) is 10.1 Å². The number of aromatic nitrogens is 2. The molecule has 0 aliphatic rings. The number of anilines is 1. The summed E-state index contributed by atoms with van der Waals surface area (Å²) >= 11 is 0. The molecule has 0 spiro atoms. The van der Waals surface area contributed by atoms with E-state index in [1.165, 1.54) is 6.92 Å². The maximum atomic E-state index is 12.7. The molecule has 1 aromatic heterocycles. The molecule has 2 aromatic carbocycles.